The largest absolute Gasteiger partial charge is 0.459 e. The van der Waals surface area contributed by atoms with Gasteiger partial charge in [-0.1, -0.05) is 69.5 Å². The summed E-state index contributed by atoms with van der Waals surface area (Å²) in [6, 6.07) is 12.4. The third kappa shape index (κ3) is 6.81. The quantitative estimate of drug-likeness (QED) is 0.234. The average Bonchev–Trinajstić information content (AvgIpc) is 2.76. The van der Waals surface area contributed by atoms with Crippen molar-refractivity contribution in [3.05, 3.63) is 70.8 Å². The maximum Gasteiger partial charge on any atom is 0.338 e. The molecule has 0 saturated heterocycles. The van der Waals surface area contributed by atoms with E-state index in [9.17, 15) is 13.6 Å². The summed E-state index contributed by atoms with van der Waals surface area (Å²) in [4.78, 5) is 12.2. The van der Waals surface area contributed by atoms with E-state index in [1.807, 2.05) is 13.8 Å². The van der Waals surface area contributed by atoms with Crippen LogP contribution in [0, 0.1) is 0 Å². The normalized spacial score (nSPS) is 13.0. The summed E-state index contributed by atoms with van der Waals surface area (Å²) in [5.41, 5.74) is 1.67. The Kier molecular flexibility index (Phi) is 9.04. The van der Waals surface area contributed by atoms with Crippen LogP contribution in [0.25, 0.3) is 11.7 Å². The summed E-state index contributed by atoms with van der Waals surface area (Å²) in [6.45, 7) is 6.03. The lowest BCUT2D eigenvalue weighted by atomic mass is 10.1. The number of hydrogen-bond donors (Lipinski definition) is 0. The Balaban J connectivity index is 2.01. The molecule has 0 heterocycles. The van der Waals surface area contributed by atoms with Gasteiger partial charge in [0.15, 0.2) is 11.7 Å². The van der Waals surface area contributed by atoms with Crippen molar-refractivity contribution in [3.8, 4) is 0 Å². The van der Waals surface area contributed by atoms with Crippen LogP contribution in [0.4, 0.5) is 8.78 Å². The Morgan fingerprint density at radius 2 is 1.34 bits per heavy atom. The van der Waals surface area contributed by atoms with E-state index in [4.69, 9.17) is 4.74 Å². The first-order valence-corrected chi connectivity index (χ1v) is 10.4. The molecule has 0 aromatic heterocycles. The molecule has 0 spiro atoms. The van der Waals surface area contributed by atoms with Gasteiger partial charge in [-0.05, 0) is 43.9 Å². The van der Waals surface area contributed by atoms with Crippen molar-refractivity contribution < 1.29 is 18.3 Å². The highest BCUT2D eigenvalue weighted by atomic mass is 19.2. The SMILES string of the molecule is CCCCCCC(C)OC(=O)c1ccc(C(F)=C(F)c2ccc(CC)cc2)cc1. The molecule has 0 aliphatic carbocycles. The second-order valence-corrected chi connectivity index (χ2v) is 7.32. The number of carbonyl (C=O) groups is 1. The van der Waals surface area contributed by atoms with Crippen molar-refractivity contribution in [2.45, 2.75) is 65.4 Å². The standard InChI is InChI=1S/C25H30F2O2/c1-4-6-7-8-9-18(3)29-25(28)22-16-14-21(15-17-22)24(27)23(26)20-12-10-19(5-2)11-13-20/h10-18H,4-9H2,1-3H3. The van der Waals surface area contributed by atoms with Crippen molar-refractivity contribution in [3.63, 3.8) is 0 Å². The van der Waals surface area contributed by atoms with Crippen LogP contribution in [0.1, 0.15) is 79.9 Å². The van der Waals surface area contributed by atoms with Crippen LogP contribution in [0.15, 0.2) is 48.5 Å². The Morgan fingerprint density at radius 1 is 0.828 bits per heavy atom. The number of ether oxygens (including phenoxy) is 1. The number of benzene rings is 2. The zero-order valence-corrected chi connectivity index (χ0v) is 17.5. The molecule has 1 atom stereocenters. The lowest BCUT2D eigenvalue weighted by Crippen LogP contribution is -2.15. The van der Waals surface area contributed by atoms with Crippen LogP contribution >= 0.6 is 0 Å². The van der Waals surface area contributed by atoms with Gasteiger partial charge in [0.05, 0.1) is 11.7 Å². The zero-order valence-electron chi connectivity index (χ0n) is 17.5. The lowest BCUT2D eigenvalue weighted by molar-refractivity contribution is 0.0319. The minimum Gasteiger partial charge on any atom is -0.459 e. The molecule has 0 bridgehead atoms. The van der Waals surface area contributed by atoms with Gasteiger partial charge >= 0.3 is 5.97 Å². The minimum absolute atomic E-state index is 0.0891. The number of unbranched alkanes of at least 4 members (excludes halogenated alkanes) is 3. The van der Waals surface area contributed by atoms with Crippen LogP contribution in [0.5, 0.6) is 0 Å². The first-order chi connectivity index (χ1) is 14.0. The number of esters is 1. The second-order valence-electron chi connectivity index (χ2n) is 7.32. The minimum atomic E-state index is -0.946. The van der Waals surface area contributed by atoms with Gasteiger partial charge in [0.2, 0.25) is 0 Å². The van der Waals surface area contributed by atoms with Gasteiger partial charge in [-0.3, -0.25) is 0 Å². The fraction of sp³-hybridized carbons (Fsp3) is 0.400. The van der Waals surface area contributed by atoms with Crippen molar-refractivity contribution in [1.29, 1.82) is 0 Å². The van der Waals surface area contributed by atoms with Gasteiger partial charge < -0.3 is 4.74 Å². The topological polar surface area (TPSA) is 26.3 Å². The molecule has 0 aliphatic rings. The predicted octanol–water partition coefficient (Wildman–Crippen LogP) is 7.53. The molecular formula is C25H30F2O2. The van der Waals surface area contributed by atoms with Gasteiger partial charge in [0, 0.05) is 11.1 Å². The number of halogens is 2. The highest BCUT2D eigenvalue weighted by Crippen LogP contribution is 2.29. The fourth-order valence-electron chi connectivity index (χ4n) is 3.06. The number of hydrogen-bond acceptors (Lipinski definition) is 2. The molecule has 2 aromatic carbocycles. The third-order valence-electron chi connectivity index (χ3n) is 4.95. The van der Waals surface area contributed by atoms with E-state index in [0.29, 0.717) is 5.56 Å². The van der Waals surface area contributed by atoms with E-state index in [-0.39, 0.29) is 17.2 Å². The summed E-state index contributed by atoms with van der Waals surface area (Å²) < 4.78 is 34.4. The highest BCUT2D eigenvalue weighted by molar-refractivity contribution is 5.90. The lowest BCUT2D eigenvalue weighted by Gasteiger charge is -2.13. The van der Waals surface area contributed by atoms with Crippen molar-refractivity contribution in [2.75, 3.05) is 0 Å². The Bertz CT molecular complexity index is 808. The van der Waals surface area contributed by atoms with E-state index >= 15 is 0 Å². The molecule has 0 N–H and O–H groups in total. The van der Waals surface area contributed by atoms with Crippen LogP contribution in [0.2, 0.25) is 0 Å². The second kappa shape index (κ2) is 11.5. The summed E-state index contributed by atoms with van der Waals surface area (Å²) >= 11 is 0. The summed E-state index contributed by atoms with van der Waals surface area (Å²) in [5, 5.41) is 0. The molecule has 1 unspecified atom stereocenters. The van der Waals surface area contributed by atoms with Crippen molar-refractivity contribution in [1.82, 2.24) is 0 Å². The smallest absolute Gasteiger partial charge is 0.338 e. The van der Waals surface area contributed by atoms with Gasteiger partial charge in [-0.2, -0.15) is 0 Å². The van der Waals surface area contributed by atoms with Gasteiger partial charge in [-0.15, -0.1) is 0 Å². The predicted molar refractivity (Wildman–Crippen MR) is 115 cm³/mol. The molecule has 2 nitrogen and oxygen atoms in total. The van der Waals surface area contributed by atoms with E-state index < -0.39 is 17.6 Å². The Labute approximate surface area is 172 Å². The zero-order chi connectivity index (χ0) is 21.2. The molecule has 156 valence electrons. The van der Waals surface area contributed by atoms with Crippen LogP contribution in [-0.4, -0.2) is 12.1 Å². The molecule has 0 saturated carbocycles. The average molecular weight is 401 g/mol. The molecule has 0 radical (unpaired) electrons. The molecule has 29 heavy (non-hydrogen) atoms. The first kappa shape index (κ1) is 22.8. The molecule has 0 aliphatic heterocycles. The monoisotopic (exact) mass is 400 g/mol. The third-order valence-corrected chi connectivity index (χ3v) is 4.95. The summed E-state index contributed by atoms with van der Waals surface area (Å²) in [5.74, 6) is -2.30. The van der Waals surface area contributed by atoms with E-state index in [2.05, 4.69) is 6.92 Å². The first-order valence-electron chi connectivity index (χ1n) is 10.4. The maximum absolute atomic E-state index is 14.5. The van der Waals surface area contributed by atoms with Crippen molar-refractivity contribution >= 4 is 17.6 Å². The Morgan fingerprint density at radius 3 is 1.86 bits per heavy atom. The summed E-state index contributed by atoms with van der Waals surface area (Å²) in [7, 11) is 0. The highest BCUT2D eigenvalue weighted by Gasteiger charge is 2.15. The van der Waals surface area contributed by atoms with E-state index in [0.717, 1.165) is 37.7 Å². The van der Waals surface area contributed by atoms with Gasteiger partial charge in [0.25, 0.3) is 0 Å². The molecule has 0 amide bonds. The Hall–Kier alpha value is -2.49. The molecule has 2 rings (SSSR count). The molecule has 0 fully saturated rings. The van der Waals surface area contributed by atoms with E-state index in [1.165, 1.54) is 30.7 Å². The van der Waals surface area contributed by atoms with E-state index in [1.54, 1.807) is 24.3 Å². The van der Waals surface area contributed by atoms with Gasteiger partial charge in [0.1, 0.15) is 0 Å². The fourth-order valence-corrected chi connectivity index (χ4v) is 3.06. The molecule has 4 heteroatoms. The van der Waals surface area contributed by atoms with Crippen LogP contribution in [0.3, 0.4) is 0 Å². The number of rotatable bonds is 10. The number of carbonyl (C=O) groups excluding carboxylic acids is 1. The summed E-state index contributed by atoms with van der Waals surface area (Å²) in [6.07, 6.45) is 5.99. The van der Waals surface area contributed by atoms with Crippen LogP contribution < -0.4 is 0 Å². The van der Waals surface area contributed by atoms with Gasteiger partial charge in [-0.25, -0.2) is 13.6 Å². The van der Waals surface area contributed by atoms with Crippen molar-refractivity contribution in [2.24, 2.45) is 0 Å². The number of aryl methyl sites for hydroxylation is 1. The molecular weight excluding hydrogens is 370 g/mol. The van der Waals surface area contributed by atoms with Crippen LogP contribution in [-0.2, 0) is 11.2 Å². The molecule has 2 aromatic rings. The maximum atomic E-state index is 14.5.